The molecule has 1 aliphatic rings. The highest BCUT2D eigenvalue weighted by atomic mass is 19.3. The molecule has 0 fully saturated rings. The second-order valence-electron chi connectivity index (χ2n) is 7.48. The van der Waals surface area contributed by atoms with Crippen molar-refractivity contribution in [2.24, 2.45) is 0 Å². The largest absolute Gasteiger partial charge is 0.457 e. The van der Waals surface area contributed by atoms with Crippen LogP contribution in [0.1, 0.15) is 35.6 Å². The number of aromatic nitrogens is 1. The molecule has 0 unspecified atom stereocenters. The van der Waals surface area contributed by atoms with Crippen LogP contribution in [0.2, 0.25) is 0 Å². The van der Waals surface area contributed by atoms with E-state index in [1.54, 1.807) is 12.1 Å². The number of halogens is 2. The lowest BCUT2D eigenvalue weighted by Crippen LogP contribution is -2.31. The summed E-state index contributed by atoms with van der Waals surface area (Å²) in [6, 6.07) is 16.2. The van der Waals surface area contributed by atoms with Crippen LogP contribution in [0.15, 0.2) is 60.8 Å². The fourth-order valence-electron chi connectivity index (χ4n) is 3.59. The Balaban J connectivity index is 0.00000171. The normalized spacial score (nSPS) is 13.0. The van der Waals surface area contributed by atoms with Gasteiger partial charge in [0.05, 0.1) is 0 Å². The summed E-state index contributed by atoms with van der Waals surface area (Å²) in [5.41, 5.74) is 3.71. The molecule has 1 aromatic heterocycles. The van der Waals surface area contributed by atoms with Gasteiger partial charge in [-0.2, -0.15) is 0 Å². The van der Waals surface area contributed by atoms with Crippen LogP contribution in [0, 0.1) is 6.92 Å². The van der Waals surface area contributed by atoms with Crippen LogP contribution in [0.25, 0.3) is 0 Å². The van der Waals surface area contributed by atoms with Gasteiger partial charge in [0.2, 0.25) is 0 Å². The van der Waals surface area contributed by atoms with Crippen LogP contribution >= 0.6 is 0 Å². The Kier molecular flexibility index (Phi) is 7.70. The van der Waals surface area contributed by atoms with Crippen molar-refractivity contribution in [2.75, 3.05) is 11.4 Å². The predicted octanol–water partition coefficient (Wildman–Crippen LogP) is 4.60. The van der Waals surface area contributed by atoms with E-state index >= 15 is 0 Å². The van der Waals surface area contributed by atoms with E-state index in [0.717, 1.165) is 25.3 Å². The van der Waals surface area contributed by atoms with Gasteiger partial charge in [0, 0.05) is 31.3 Å². The quantitative estimate of drug-likeness (QED) is 0.593. The van der Waals surface area contributed by atoms with Gasteiger partial charge in [-0.1, -0.05) is 13.0 Å². The van der Waals surface area contributed by atoms with Crippen molar-refractivity contribution in [1.82, 2.24) is 4.98 Å². The van der Waals surface area contributed by atoms with Crippen molar-refractivity contribution in [2.45, 2.75) is 39.2 Å². The summed E-state index contributed by atoms with van der Waals surface area (Å²) in [5.74, 6) is -0.571. The first-order chi connectivity index (χ1) is 13.9. The molecule has 0 aliphatic carbocycles. The summed E-state index contributed by atoms with van der Waals surface area (Å²) in [5, 5.41) is 0. The first-order valence-electron chi connectivity index (χ1n) is 9.90. The summed E-state index contributed by atoms with van der Waals surface area (Å²) in [4.78, 5) is 6.76. The number of alkyl halides is 2. The first-order valence-corrected chi connectivity index (χ1v) is 9.90. The minimum atomic E-state index is -2.81. The minimum absolute atomic E-state index is 0. The first kappa shape index (κ1) is 24.2. The lowest BCUT2D eigenvalue weighted by molar-refractivity contribution is -0.00830. The van der Waals surface area contributed by atoms with Gasteiger partial charge in [0.25, 0.3) is 5.92 Å². The monoisotopic (exact) mass is 430 g/mol. The standard InChI is InChI=1S/C24H24F2N2O.2H2O/c1-3-24(25,26)20-5-8-21(9-6-20)29-22-7-4-18-11-13-28(16-19(18)15-22)23-14-17(2)10-12-27-23;;/h4-10,12,14-15H,3,11,13,16H2,1-2H3;2*1H2. The second-order valence-corrected chi connectivity index (χ2v) is 7.48. The fourth-order valence-corrected chi connectivity index (χ4v) is 3.59. The Hall–Kier alpha value is -3.03. The molecule has 5 nitrogen and oxygen atoms in total. The maximum absolute atomic E-state index is 13.8. The van der Waals surface area contributed by atoms with Gasteiger partial charge in [-0.05, 0) is 78.6 Å². The molecular formula is C24H28F2N2O3. The molecule has 3 aromatic rings. The maximum Gasteiger partial charge on any atom is 0.273 e. The highest BCUT2D eigenvalue weighted by Crippen LogP contribution is 2.34. The maximum atomic E-state index is 13.8. The van der Waals surface area contributed by atoms with E-state index < -0.39 is 5.92 Å². The van der Waals surface area contributed by atoms with Crippen LogP contribution in [0.3, 0.4) is 0 Å². The molecule has 31 heavy (non-hydrogen) atoms. The molecule has 1 aliphatic heterocycles. The number of rotatable bonds is 5. The zero-order valence-electron chi connectivity index (χ0n) is 17.7. The average Bonchev–Trinajstić information content (AvgIpc) is 2.73. The Bertz CT molecular complexity index is 1010. The number of anilines is 1. The third-order valence-electron chi connectivity index (χ3n) is 5.37. The number of fused-ring (bicyclic) bond motifs is 1. The number of pyridine rings is 1. The smallest absolute Gasteiger partial charge is 0.273 e. The molecule has 2 aromatic carbocycles. The number of hydrogen-bond acceptors (Lipinski definition) is 3. The second kappa shape index (κ2) is 9.85. The Morgan fingerprint density at radius 1 is 0.968 bits per heavy atom. The van der Waals surface area contributed by atoms with E-state index in [-0.39, 0.29) is 22.9 Å². The van der Waals surface area contributed by atoms with Gasteiger partial charge in [-0.15, -0.1) is 0 Å². The van der Waals surface area contributed by atoms with Gasteiger partial charge in [0.15, 0.2) is 0 Å². The fraction of sp³-hybridized carbons (Fsp3) is 0.292. The molecule has 166 valence electrons. The molecule has 2 heterocycles. The zero-order chi connectivity index (χ0) is 20.4. The Morgan fingerprint density at radius 2 is 1.68 bits per heavy atom. The highest BCUT2D eigenvalue weighted by molar-refractivity contribution is 5.48. The van der Waals surface area contributed by atoms with Crippen molar-refractivity contribution < 1.29 is 24.5 Å². The van der Waals surface area contributed by atoms with Crippen molar-refractivity contribution >= 4 is 5.82 Å². The van der Waals surface area contributed by atoms with E-state index in [1.807, 2.05) is 24.4 Å². The van der Waals surface area contributed by atoms with E-state index in [1.165, 1.54) is 35.7 Å². The third kappa shape index (κ3) is 5.37. The Labute approximate surface area is 180 Å². The van der Waals surface area contributed by atoms with E-state index in [2.05, 4.69) is 28.9 Å². The molecule has 0 bridgehead atoms. The number of aryl methyl sites for hydroxylation is 1. The number of benzene rings is 2. The molecule has 7 heteroatoms. The number of hydrogen-bond donors (Lipinski definition) is 0. The lowest BCUT2D eigenvalue weighted by Gasteiger charge is -2.30. The zero-order valence-corrected chi connectivity index (χ0v) is 17.7. The number of nitrogens with zero attached hydrogens (tertiary/aromatic N) is 2. The number of ether oxygens (including phenoxy) is 1. The van der Waals surface area contributed by atoms with E-state index in [0.29, 0.717) is 11.5 Å². The van der Waals surface area contributed by atoms with Gasteiger partial charge in [-0.25, -0.2) is 13.8 Å². The predicted molar refractivity (Wildman–Crippen MR) is 118 cm³/mol. The molecular weight excluding hydrogens is 402 g/mol. The molecule has 0 radical (unpaired) electrons. The highest BCUT2D eigenvalue weighted by Gasteiger charge is 2.28. The average molecular weight is 430 g/mol. The van der Waals surface area contributed by atoms with Crippen LogP contribution in [-0.2, 0) is 18.9 Å². The van der Waals surface area contributed by atoms with Crippen LogP contribution < -0.4 is 9.64 Å². The van der Waals surface area contributed by atoms with Gasteiger partial charge >= 0.3 is 0 Å². The van der Waals surface area contributed by atoms with Crippen LogP contribution in [0.5, 0.6) is 11.5 Å². The van der Waals surface area contributed by atoms with E-state index in [9.17, 15) is 8.78 Å². The van der Waals surface area contributed by atoms with Gasteiger partial charge in [-0.3, -0.25) is 0 Å². The SMILES string of the molecule is CCC(F)(F)c1ccc(Oc2ccc3c(c2)CN(c2cc(C)ccn2)CC3)cc1.O.O. The summed E-state index contributed by atoms with van der Waals surface area (Å²) in [6.45, 7) is 5.24. The minimum Gasteiger partial charge on any atom is -0.457 e. The van der Waals surface area contributed by atoms with Crippen molar-refractivity contribution in [3.05, 3.63) is 83.0 Å². The summed E-state index contributed by atoms with van der Waals surface area (Å²) < 4.78 is 33.5. The molecule has 4 N–H and O–H groups in total. The van der Waals surface area contributed by atoms with Crippen molar-refractivity contribution in [3.63, 3.8) is 0 Å². The molecule has 4 rings (SSSR count). The molecule has 0 amide bonds. The van der Waals surface area contributed by atoms with Crippen LogP contribution in [-0.4, -0.2) is 22.5 Å². The van der Waals surface area contributed by atoms with Gasteiger partial charge in [0.1, 0.15) is 17.3 Å². The molecule has 0 spiro atoms. The molecule has 0 atom stereocenters. The lowest BCUT2D eigenvalue weighted by atomic mass is 9.99. The summed E-state index contributed by atoms with van der Waals surface area (Å²) in [7, 11) is 0. The topological polar surface area (TPSA) is 88.4 Å². The third-order valence-corrected chi connectivity index (χ3v) is 5.37. The molecule has 0 saturated carbocycles. The van der Waals surface area contributed by atoms with Gasteiger partial charge < -0.3 is 20.6 Å². The Morgan fingerprint density at radius 3 is 2.35 bits per heavy atom. The summed E-state index contributed by atoms with van der Waals surface area (Å²) >= 11 is 0. The van der Waals surface area contributed by atoms with Crippen LogP contribution in [0.4, 0.5) is 14.6 Å². The van der Waals surface area contributed by atoms with Crippen molar-refractivity contribution in [3.8, 4) is 11.5 Å². The molecule has 0 saturated heterocycles. The van der Waals surface area contributed by atoms with Crippen molar-refractivity contribution in [1.29, 1.82) is 0 Å². The van der Waals surface area contributed by atoms with E-state index in [4.69, 9.17) is 4.74 Å². The summed E-state index contributed by atoms with van der Waals surface area (Å²) in [6.07, 6.45) is 2.57.